The molecular weight excluding hydrogens is 454 g/mol. The van der Waals surface area contributed by atoms with E-state index in [0.29, 0.717) is 11.3 Å². The molecule has 3 amide bonds. The van der Waals surface area contributed by atoms with Crippen molar-refractivity contribution in [3.63, 3.8) is 0 Å². The van der Waals surface area contributed by atoms with Gasteiger partial charge < -0.3 is 20.6 Å². The Kier molecular flexibility index (Phi) is 6.76. The monoisotopic (exact) mass is 487 g/mol. The average molecular weight is 488 g/mol. The first-order chi connectivity index (χ1) is 17.0. The zero-order valence-electron chi connectivity index (χ0n) is 21.3. The number of hydrogen-bond acceptors (Lipinski definition) is 3. The van der Waals surface area contributed by atoms with E-state index in [9.17, 15) is 19.5 Å². The van der Waals surface area contributed by atoms with Gasteiger partial charge >= 0.3 is 6.09 Å². The Morgan fingerprint density at radius 1 is 1.03 bits per heavy atom. The largest absolute Gasteiger partial charge is 0.465 e. The first-order valence-electron chi connectivity index (χ1n) is 12.2. The van der Waals surface area contributed by atoms with E-state index >= 15 is 0 Å². The number of carbonyl (C=O) groups is 3. The zero-order valence-corrected chi connectivity index (χ0v) is 21.3. The number of nitrogens with one attached hydrogen (secondary N) is 2. The molecule has 36 heavy (non-hydrogen) atoms. The van der Waals surface area contributed by atoms with Gasteiger partial charge in [-0.25, -0.2) is 4.79 Å². The molecule has 0 spiro atoms. The third-order valence-electron chi connectivity index (χ3n) is 6.97. The number of aryl methyl sites for hydroxylation is 1. The zero-order chi connectivity index (χ0) is 26.2. The summed E-state index contributed by atoms with van der Waals surface area (Å²) in [4.78, 5) is 39.1. The van der Waals surface area contributed by atoms with E-state index in [2.05, 4.69) is 10.6 Å². The molecule has 3 atom stereocenters. The summed E-state index contributed by atoms with van der Waals surface area (Å²) < 4.78 is 0. The average Bonchev–Trinajstić information content (AvgIpc) is 2.77. The molecule has 3 unspecified atom stereocenters. The van der Waals surface area contributed by atoms with Gasteiger partial charge in [-0.05, 0) is 53.3 Å². The number of benzene rings is 3. The highest BCUT2D eigenvalue weighted by atomic mass is 16.4. The van der Waals surface area contributed by atoms with Crippen molar-refractivity contribution in [1.29, 1.82) is 0 Å². The van der Waals surface area contributed by atoms with Gasteiger partial charge in [-0.2, -0.15) is 0 Å². The molecule has 4 rings (SSSR count). The maximum atomic E-state index is 13.2. The SMILES string of the molecule is Cc1ccc(NC(=O)C2CN(C(=O)O)C2C(C)(C)C)cc1C(=O)NC(C)c1cccc2ccccc12. The Hall–Kier alpha value is -3.87. The third-order valence-corrected chi connectivity index (χ3v) is 6.97. The topological polar surface area (TPSA) is 98.7 Å². The number of hydrogen-bond donors (Lipinski definition) is 3. The molecule has 0 saturated carbocycles. The van der Waals surface area contributed by atoms with Gasteiger partial charge in [-0.3, -0.25) is 9.59 Å². The molecule has 1 fully saturated rings. The quantitative estimate of drug-likeness (QED) is 0.436. The van der Waals surface area contributed by atoms with Gasteiger partial charge in [0.05, 0.1) is 18.0 Å². The van der Waals surface area contributed by atoms with E-state index in [4.69, 9.17) is 0 Å². The van der Waals surface area contributed by atoms with E-state index in [-0.39, 0.29) is 29.8 Å². The van der Waals surface area contributed by atoms with Crippen LogP contribution in [0.4, 0.5) is 10.5 Å². The first-order valence-corrected chi connectivity index (χ1v) is 12.2. The van der Waals surface area contributed by atoms with Crippen LogP contribution in [0.15, 0.2) is 60.7 Å². The highest BCUT2D eigenvalue weighted by Gasteiger charge is 2.51. The summed E-state index contributed by atoms with van der Waals surface area (Å²) in [7, 11) is 0. The van der Waals surface area contributed by atoms with Crippen molar-refractivity contribution in [2.75, 3.05) is 11.9 Å². The molecule has 1 saturated heterocycles. The van der Waals surface area contributed by atoms with Gasteiger partial charge in [0.1, 0.15) is 0 Å². The second kappa shape index (κ2) is 9.64. The van der Waals surface area contributed by atoms with E-state index < -0.39 is 18.1 Å². The van der Waals surface area contributed by atoms with Crippen LogP contribution in [-0.2, 0) is 4.79 Å². The number of fused-ring (bicyclic) bond motifs is 1. The van der Waals surface area contributed by atoms with Gasteiger partial charge in [0.2, 0.25) is 5.91 Å². The molecule has 3 N–H and O–H groups in total. The lowest BCUT2D eigenvalue weighted by Gasteiger charge is -2.51. The summed E-state index contributed by atoms with van der Waals surface area (Å²) in [5, 5.41) is 17.6. The van der Waals surface area contributed by atoms with Crippen molar-refractivity contribution in [2.45, 2.75) is 46.7 Å². The number of rotatable bonds is 5. The molecule has 7 heteroatoms. The lowest BCUT2D eigenvalue weighted by atomic mass is 9.72. The third kappa shape index (κ3) is 4.91. The predicted octanol–water partition coefficient (Wildman–Crippen LogP) is 5.60. The Labute approximate surface area is 211 Å². The fourth-order valence-electron chi connectivity index (χ4n) is 5.16. The van der Waals surface area contributed by atoms with Crippen LogP contribution >= 0.6 is 0 Å². The van der Waals surface area contributed by atoms with Crippen molar-refractivity contribution < 1.29 is 19.5 Å². The van der Waals surface area contributed by atoms with Crippen molar-refractivity contribution in [3.8, 4) is 0 Å². The van der Waals surface area contributed by atoms with E-state index in [1.54, 1.807) is 18.2 Å². The molecule has 188 valence electrons. The van der Waals surface area contributed by atoms with Crippen LogP contribution in [0.3, 0.4) is 0 Å². The minimum atomic E-state index is -1.02. The van der Waals surface area contributed by atoms with Crippen LogP contribution in [0.25, 0.3) is 10.8 Å². The highest BCUT2D eigenvalue weighted by Crippen LogP contribution is 2.39. The first kappa shape index (κ1) is 25.2. The fourth-order valence-corrected chi connectivity index (χ4v) is 5.16. The number of amides is 3. The maximum absolute atomic E-state index is 13.2. The highest BCUT2D eigenvalue weighted by molar-refractivity contribution is 6.00. The van der Waals surface area contributed by atoms with Gasteiger partial charge in [-0.15, -0.1) is 0 Å². The van der Waals surface area contributed by atoms with Crippen LogP contribution in [0, 0.1) is 18.3 Å². The Bertz CT molecular complexity index is 1320. The van der Waals surface area contributed by atoms with E-state index in [1.807, 2.05) is 77.1 Å². The molecule has 1 aliphatic heterocycles. The summed E-state index contributed by atoms with van der Waals surface area (Å²) in [6.07, 6.45) is -1.02. The molecule has 3 aromatic rings. The van der Waals surface area contributed by atoms with Gasteiger partial charge in [-0.1, -0.05) is 69.3 Å². The number of carboxylic acid groups (broad SMARTS) is 1. The van der Waals surface area contributed by atoms with Gasteiger partial charge in [0, 0.05) is 17.8 Å². The predicted molar refractivity (Wildman–Crippen MR) is 141 cm³/mol. The minimum Gasteiger partial charge on any atom is -0.465 e. The van der Waals surface area contributed by atoms with Crippen molar-refractivity contribution in [3.05, 3.63) is 77.4 Å². The summed E-state index contributed by atoms with van der Waals surface area (Å²) in [6, 6.07) is 18.7. The second-order valence-electron chi connectivity index (χ2n) is 10.6. The Morgan fingerprint density at radius 3 is 2.42 bits per heavy atom. The number of anilines is 1. The van der Waals surface area contributed by atoms with Crippen LogP contribution < -0.4 is 10.6 Å². The van der Waals surface area contributed by atoms with Crippen molar-refractivity contribution >= 4 is 34.4 Å². The standard InChI is InChI=1S/C29H33N3O4/c1-17-13-14-20(31-27(34)24-16-32(28(35)36)25(24)29(3,4)5)15-23(17)26(33)30-18(2)21-12-8-10-19-9-6-7-11-22(19)21/h6-15,18,24-25H,16H2,1-5H3,(H,30,33)(H,31,34)(H,35,36). The van der Waals surface area contributed by atoms with E-state index in [1.165, 1.54) is 4.90 Å². The van der Waals surface area contributed by atoms with Crippen LogP contribution in [0.5, 0.6) is 0 Å². The lowest BCUT2D eigenvalue weighted by Crippen LogP contribution is -2.66. The summed E-state index contributed by atoms with van der Waals surface area (Å²) in [5.41, 5.74) is 2.44. The van der Waals surface area contributed by atoms with Crippen LogP contribution in [-0.4, -0.2) is 40.5 Å². The maximum Gasteiger partial charge on any atom is 0.407 e. The summed E-state index contributed by atoms with van der Waals surface area (Å²) >= 11 is 0. The molecule has 3 aromatic carbocycles. The molecule has 0 radical (unpaired) electrons. The van der Waals surface area contributed by atoms with Gasteiger partial charge in [0.15, 0.2) is 0 Å². The molecule has 1 aliphatic rings. The van der Waals surface area contributed by atoms with Crippen LogP contribution in [0.2, 0.25) is 0 Å². The number of nitrogens with zero attached hydrogens (tertiary/aromatic N) is 1. The molecule has 1 heterocycles. The molecule has 0 aromatic heterocycles. The Morgan fingerprint density at radius 2 is 1.72 bits per heavy atom. The molecule has 0 bridgehead atoms. The lowest BCUT2D eigenvalue weighted by molar-refractivity contribution is -0.132. The summed E-state index contributed by atoms with van der Waals surface area (Å²) in [5.74, 6) is -0.921. The smallest absolute Gasteiger partial charge is 0.407 e. The molecular formula is C29H33N3O4. The van der Waals surface area contributed by atoms with E-state index in [0.717, 1.165) is 21.9 Å². The second-order valence-corrected chi connectivity index (χ2v) is 10.6. The van der Waals surface area contributed by atoms with Crippen molar-refractivity contribution in [2.24, 2.45) is 11.3 Å². The summed E-state index contributed by atoms with van der Waals surface area (Å²) in [6.45, 7) is 9.76. The fraction of sp³-hybridized carbons (Fsp3) is 0.345. The Balaban J connectivity index is 1.50. The minimum absolute atomic E-state index is 0.158. The number of likely N-dealkylation sites (tertiary alicyclic amines) is 1. The molecule has 7 nitrogen and oxygen atoms in total. The van der Waals surface area contributed by atoms with Gasteiger partial charge in [0.25, 0.3) is 5.91 Å². The van der Waals surface area contributed by atoms with Crippen LogP contribution in [0.1, 0.15) is 55.2 Å². The van der Waals surface area contributed by atoms with Crippen molar-refractivity contribution in [1.82, 2.24) is 10.2 Å². The normalized spacial score (nSPS) is 18.3. The molecule has 0 aliphatic carbocycles. The number of carbonyl (C=O) groups excluding carboxylic acids is 2.